The highest BCUT2D eigenvalue weighted by Gasteiger charge is 2.42. The Balaban J connectivity index is 3.59. The van der Waals surface area contributed by atoms with Crippen LogP contribution in [0, 0.1) is 11.8 Å². The van der Waals surface area contributed by atoms with Crippen LogP contribution in [0.2, 0.25) is 18.1 Å². The van der Waals surface area contributed by atoms with Crippen molar-refractivity contribution in [1.29, 1.82) is 0 Å². The van der Waals surface area contributed by atoms with E-state index in [9.17, 15) is 15.1 Å². The molecule has 9 nitrogen and oxygen atoms in total. The average molecular weight is 596 g/mol. The SMILES string of the molecule is CCCCCCN(C(=O)[C@@H](N=[N+]=[N-])[C@@H](C)CC)[C@H](C[C@@H](O[Si](C)(C)C(C)(C)C)c1nc(C(=O)OC)cs1)C(C)C. The van der Waals surface area contributed by atoms with Crippen LogP contribution in [0.5, 0.6) is 0 Å². The number of azide groups is 1. The van der Waals surface area contributed by atoms with Crippen molar-refractivity contribution in [2.24, 2.45) is 17.0 Å². The second-order valence-electron chi connectivity index (χ2n) is 12.6. The van der Waals surface area contributed by atoms with Gasteiger partial charge < -0.3 is 14.1 Å². The third kappa shape index (κ3) is 10.2. The average Bonchev–Trinajstić information content (AvgIpc) is 3.38. The van der Waals surface area contributed by atoms with Gasteiger partial charge in [-0.25, -0.2) is 9.78 Å². The lowest BCUT2D eigenvalue weighted by Crippen LogP contribution is -2.50. The summed E-state index contributed by atoms with van der Waals surface area (Å²) in [5, 5.41) is 6.35. The van der Waals surface area contributed by atoms with Gasteiger partial charge in [-0.3, -0.25) is 4.79 Å². The molecule has 0 aliphatic rings. The molecule has 0 aliphatic carbocycles. The fraction of sp³-hybridized carbons (Fsp3) is 0.828. The van der Waals surface area contributed by atoms with Gasteiger partial charge in [-0.15, -0.1) is 11.3 Å². The van der Waals surface area contributed by atoms with Crippen molar-refractivity contribution < 1.29 is 18.8 Å². The van der Waals surface area contributed by atoms with E-state index in [0.717, 1.165) is 32.1 Å². The molecule has 0 aromatic carbocycles. The molecule has 1 rings (SSSR count). The van der Waals surface area contributed by atoms with Gasteiger partial charge in [0.1, 0.15) is 11.0 Å². The molecule has 1 aromatic rings. The van der Waals surface area contributed by atoms with Gasteiger partial charge in [-0.05, 0) is 48.3 Å². The molecule has 0 fully saturated rings. The van der Waals surface area contributed by atoms with Gasteiger partial charge in [-0.2, -0.15) is 0 Å². The molecule has 0 spiro atoms. The minimum absolute atomic E-state index is 0.0418. The maximum Gasteiger partial charge on any atom is 0.357 e. The van der Waals surface area contributed by atoms with Crippen molar-refractivity contribution in [3.05, 3.63) is 26.5 Å². The van der Waals surface area contributed by atoms with Gasteiger partial charge in [0.2, 0.25) is 5.91 Å². The molecule has 0 aliphatic heterocycles. The summed E-state index contributed by atoms with van der Waals surface area (Å²) in [7, 11) is -0.908. The fourth-order valence-electron chi connectivity index (χ4n) is 4.35. The molecule has 0 saturated carbocycles. The van der Waals surface area contributed by atoms with Crippen molar-refractivity contribution in [2.75, 3.05) is 13.7 Å². The van der Waals surface area contributed by atoms with E-state index in [-0.39, 0.29) is 34.5 Å². The number of methoxy groups -OCH3 is 1. The van der Waals surface area contributed by atoms with Crippen LogP contribution >= 0.6 is 11.3 Å². The monoisotopic (exact) mass is 595 g/mol. The lowest BCUT2D eigenvalue weighted by molar-refractivity contribution is -0.138. The Bertz CT molecular complexity index is 987. The number of carbonyl (C=O) groups excluding carboxylic acids is 2. The van der Waals surface area contributed by atoms with Gasteiger partial charge >= 0.3 is 5.97 Å². The molecule has 0 unspecified atom stereocenters. The summed E-state index contributed by atoms with van der Waals surface area (Å²) >= 11 is 1.39. The summed E-state index contributed by atoms with van der Waals surface area (Å²) in [6, 6.07) is -0.928. The number of carbonyl (C=O) groups is 2. The third-order valence-corrected chi connectivity index (χ3v) is 13.6. The molecule has 0 bridgehead atoms. The highest BCUT2D eigenvalue weighted by Crippen LogP contribution is 2.42. The Kier molecular flexibility index (Phi) is 14.9. The summed E-state index contributed by atoms with van der Waals surface area (Å²) in [6.07, 6.45) is 4.98. The zero-order chi connectivity index (χ0) is 30.7. The van der Waals surface area contributed by atoms with Crippen LogP contribution < -0.4 is 0 Å². The Hall–Kier alpha value is -1.94. The number of esters is 1. The molecule has 40 heavy (non-hydrogen) atoms. The fourth-order valence-corrected chi connectivity index (χ4v) is 6.53. The third-order valence-electron chi connectivity index (χ3n) is 8.21. The number of thiazole rings is 1. The largest absolute Gasteiger partial charge is 0.464 e. The normalized spacial score (nSPS) is 15.2. The minimum atomic E-state index is -2.25. The van der Waals surface area contributed by atoms with Gasteiger partial charge in [-0.1, -0.05) is 86.2 Å². The Morgan fingerprint density at radius 2 is 1.82 bits per heavy atom. The van der Waals surface area contributed by atoms with Gasteiger partial charge in [0, 0.05) is 22.9 Å². The van der Waals surface area contributed by atoms with Gasteiger partial charge in [0.25, 0.3) is 0 Å². The van der Waals surface area contributed by atoms with Crippen LogP contribution in [0.1, 0.15) is 116 Å². The summed E-state index contributed by atoms with van der Waals surface area (Å²) in [5.74, 6) is -0.560. The second kappa shape index (κ2) is 16.5. The van der Waals surface area contributed by atoms with E-state index < -0.39 is 26.4 Å². The first kappa shape index (κ1) is 36.1. The molecular formula is C29H53N5O4SSi. The van der Waals surface area contributed by atoms with Crippen molar-refractivity contribution in [2.45, 2.75) is 130 Å². The van der Waals surface area contributed by atoms with Crippen molar-refractivity contribution in [3.8, 4) is 0 Å². The van der Waals surface area contributed by atoms with Crippen molar-refractivity contribution in [1.82, 2.24) is 9.88 Å². The zero-order valence-corrected chi connectivity index (χ0v) is 28.5. The van der Waals surface area contributed by atoms with Gasteiger partial charge in [0.05, 0.1) is 13.2 Å². The van der Waals surface area contributed by atoms with E-state index in [1.165, 1.54) is 18.4 Å². The molecule has 1 amide bonds. The minimum Gasteiger partial charge on any atom is -0.464 e. The van der Waals surface area contributed by atoms with E-state index in [4.69, 9.17) is 9.16 Å². The number of hydrogen-bond donors (Lipinski definition) is 0. The maximum atomic E-state index is 14.1. The van der Waals surface area contributed by atoms with Crippen molar-refractivity contribution in [3.63, 3.8) is 0 Å². The molecule has 4 atom stereocenters. The lowest BCUT2D eigenvalue weighted by atomic mass is 9.92. The molecule has 0 saturated heterocycles. The Morgan fingerprint density at radius 3 is 2.33 bits per heavy atom. The van der Waals surface area contributed by atoms with E-state index >= 15 is 0 Å². The Labute approximate surface area is 247 Å². The highest BCUT2D eigenvalue weighted by molar-refractivity contribution is 7.09. The van der Waals surface area contributed by atoms with Crippen LogP contribution in [-0.4, -0.2) is 55.8 Å². The molecule has 11 heteroatoms. The van der Waals surface area contributed by atoms with E-state index in [2.05, 4.69) is 69.6 Å². The molecule has 0 N–H and O–H groups in total. The summed E-state index contributed by atoms with van der Waals surface area (Å²) in [6.45, 7) is 21.9. The Morgan fingerprint density at radius 1 is 1.18 bits per heavy atom. The van der Waals surface area contributed by atoms with Gasteiger partial charge in [0.15, 0.2) is 14.0 Å². The number of nitrogens with zero attached hydrogens (tertiary/aromatic N) is 5. The number of rotatable bonds is 17. The van der Waals surface area contributed by atoms with Crippen LogP contribution in [0.4, 0.5) is 0 Å². The predicted octanol–water partition coefficient (Wildman–Crippen LogP) is 8.54. The lowest BCUT2D eigenvalue weighted by Gasteiger charge is -2.42. The second-order valence-corrected chi connectivity index (χ2v) is 18.3. The summed E-state index contributed by atoms with van der Waals surface area (Å²) in [4.78, 5) is 35.9. The van der Waals surface area contributed by atoms with Crippen LogP contribution in [0.15, 0.2) is 10.5 Å². The first-order chi connectivity index (χ1) is 18.6. The number of hydrogen-bond acceptors (Lipinski definition) is 7. The topological polar surface area (TPSA) is 117 Å². The molecule has 228 valence electrons. The number of unbranched alkanes of at least 4 members (excludes halogenated alkanes) is 3. The maximum absolute atomic E-state index is 14.1. The molecule has 1 aromatic heterocycles. The van der Waals surface area contributed by atoms with E-state index in [0.29, 0.717) is 18.0 Å². The predicted molar refractivity (Wildman–Crippen MR) is 166 cm³/mol. The van der Waals surface area contributed by atoms with Crippen LogP contribution in [0.3, 0.4) is 0 Å². The summed E-state index contributed by atoms with van der Waals surface area (Å²) < 4.78 is 11.9. The number of ether oxygens (including phenoxy) is 1. The molecule has 0 radical (unpaired) electrons. The van der Waals surface area contributed by atoms with Crippen LogP contribution in [0.25, 0.3) is 10.4 Å². The standard InChI is InChI=1S/C29H53N5O4SSi/c1-12-14-15-16-17-34(27(35)25(32-33-30)21(5)13-2)23(20(3)4)18-24(38-40(10,11)29(6,7)8)26-31-22(19-39-26)28(36)37-9/h19-21,23-25H,12-18H2,1-11H3/t21-,23+,24+,25-/m0/s1. The number of amides is 1. The highest BCUT2D eigenvalue weighted by atomic mass is 32.1. The molecule has 1 heterocycles. The van der Waals surface area contributed by atoms with E-state index in [1.54, 1.807) is 5.38 Å². The first-order valence-corrected chi connectivity index (χ1v) is 18.5. The smallest absolute Gasteiger partial charge is 0.357 e. The van der Waals surface area contributed by atoms with E-state index in [1.807, 2.05) is 18.7 Å². The van der Waals surface area contributed by atoms with Crippen molar-refractivity contribution >= 4 is 31.5 Å². The van der Waals surface area contributed by atoms with Crippen LogP contribution in [-0.2, 0) is 14.0 Å². The molecular weight excluding hydrogens is 543 g/mol. The quantitative estimate of drug-likeness (QED) is 0.0446. The zero-order valence-electron chi connectivity index (χ0n) is 26.7. The first-order valence-electron chi connectivity index (χ1n) is 14.7. The number of aromatic nitrogens is 1. The summed E-state index contributed by atoms with van der Waals surface area (Å²) in [5.41, 5.74) is 9.56.